The molecule has 10 heteroatoms. The van der Waals surface area contributed by atoms with Gasteiger partial charge in [0.05, 0.1) is 16.2 Å². The Morgan fingerprint density at radius 3 is 2.67 bits per heavy atom. The van der Waals surface area contributed by atoms with Crippen LogP contribution in [0.1, 0.15) is 22.3 Å². The molecule has 1 heterocycles. The lowest BCUT2D eigenvalue weighted by molar-refractivity contribution is -0.122. The fourth-order valence-electron chi connectivity index (χ4n) is 2.67. The van der Waals surface area contributed by atoms with Crippen LogP contribution in [-0.2, 0) is 9.59 Å². The molecule has 1 aliphatic heterocycles. The second-order valence-corrected chi connectivity index (χ2v) is 7.86. The standard InChI is InChI=1S/C20H15FN2O5S2/c21-14-4-2-1-3-11(14)9-16-18(26)23(20(29)30-16)8-7-17(25)22-15-6-5-12(24)10-13(15)19(27)28/h1-6,9-10,24H,7-8H2,(H,22,25)(H,27,28). The molecule has 2 aromatic rings. The van der Waals surface area contributed by atoms with Crippen molar-refractivity contribution in [3.8, 4) is 5.75 Å². The molecule has 0 aromatic heterocycles. The van der Waals surface area contributed by atoms with Gasteiger partial charge in [-0.2, -0.15) is 0 Å². The lowest BCUT2D eigenvalue weighted by Crippen LogP contribution is -2.31. The maximum absolute atomic E-state index is 13.8. The third-order valence-corrected chi connectivity index (χ3v) is 5.51. The number of amides is 2. The summed E-state index contributed by atoms with van der Waals surface area (Å²) >= 11 is 6.20. The highest BCUT2D eigenvalue weighted by Crippen LogP contribution is 2.33. The Kier molecular flexibility index (Phi) is 6.48. The van der Waals surface area contributed by atoms with Gasteiger partial charge in [0.1, 0.15) is 15.9 Å². The van der Waals surface area contributed by atoms with Crippen LogP contribution >= 0.6 is 24.0 Å². The van der Waals surface area contributed by atoms with Gasteiger partial charge in [-0.25, -0.2) is 9.18 Å². The van der Waals surface area contributed by atoms with Crippen molar-refractivity contribution in [1.29, 1.82) is 0 Å². The summed E-state index contributed by atoms with van der Waals surface area (Å²) in [5.41, 5.74) is 0.0150. The topological polar surface area (TPSA) is 107 Å². The second-order valence-electron chi connectivity index (χ2n) is 6.19. The van der Waals surface area contributed by atoms with Crippen LogP contribution < -0.4 is 5.32 Å². The van der Waals surface area contributed by atoms with Gasteiger partial charge in [0.25, 0.3) is 5.91 Å². The minimum Gasteiger partial charge on any atom is -0.508 e. The number of nitrogens with one attached hydrogen (secondary N) is 1. The number of aromatic carboxylic acids is 1. The van der Waals surface area contributed by atoms with Gasteiger partial charge in [-0.15, -0.1) is 0 Å². The molecule has 0 spiro atoms. The van der Waals surface area contributed by atoms with Gasteiger partial charge in [0, 0.05) is 18.5 Å². The number of carbonyl (C=O) groups excluding carboxylic acids is 2. The molecular weight excluding hydrogens is 431 g/mol. The van der Waals surface area contributed by atoms with Gasteiger partial charge in [-0.3, -0.25) is 14.5 Å². The molecule has 1 fully saturated rings. The minimum atomic E-state index is -1.31. The molecule has 2 aromatic carbocycles. The third kappa shape index (κ3) is 4.84. The number of nitrogens with zero attached hydrogens (tertiary/aromatic N) is 1. The van der Waals surface area contributed by atoms with E-state index in [1.165, 1.54) is 35.2 Å². The van der Waals surface area contributed by atoms with Crippen LogP contribution in [0.5, 0.6) is 5.75 Å². The zero-order valence-corrected chi connectivity index (χ0v) is 16.9. The minimum absolute atomic E-state index is 0.0222. The highest BCUT2D eigenvalue weighted by Gasteiger charge is 2.32. The van der Waals surface area contributed by atoms with Crippen molar-refractivity contribution in [2.24, 2.45) is 0 Å². The molecular formula is C20H15FN2O5S2. The molecule has 3 N–H and O–H groups in total. The van der Waals surface area contributed by atoms with Gasteiger partial charge >= 0.3 is 5.97 Å². The summed E-state index contributed by atoms with van der Waals surface area (Å²) < 4.78 is 14.1. The number of halogens is 1. The van der Waals surface area contributed by atoms with Crippen molar-refractivity contribution < 1.29 is 29.0 Å². The first-order valence-corrected chi connectivity index (χ1v) is 9.85. The van der Waals surface area contributed by atoms with Crippen LogP contribution in [0.3, 0.4) is 0 Å². The number of rotatable bonds is 6. The van der Waals surface area contributed by atoms with E-state index in [0.717, 1.165) is 17.8 Å². The van der Waals surface area contributed by atoms with E-state index in [1.54, 1.807) is 12.1 Å². The Bertz CT molecular complexity index is 1090. The first-order chi connectivity index (χ1) is 14.3. The quantitative estimate of drug-likeness (QED) is 0.354. The largest absolute Gasteiger partial charge is 0.508 e. The van der Waals surface area contributed by atoms with Crippen molar-refractivity contribution in [2.45, 2.75) is 6.42 Å². The van der Waals surface area contributed by atoms with Gasteiger partial charge in [-0.1, -0.05) is 42.2 Å². The van der Waals surface area contributed by atoms with Gasteiger partial charge in [0.15, 0.2) is 0 Å². The summed E-state index contributed by atoms with van der Waals surface area (Å²) in [6.45, 7) is -0.0222. The van der Waals surface area contributed by atoms with E-state index in [0.29, 0.717) is 0 Å². The molecule has 3 rings (SSSR count). The molecule has 30 heavy (non-hydrogen) atoms. The molecule has 0 saturated carbocycles. The normalized spacial score (nSPS) is 15.0. The Morgan fingerprint density at radius 2 is 1.97 bits per heavy atom. The number of phenols is 1. The van der Waals surface area contributed by atoms with Gasteiger partial charge in [0.2, 0.25) is 5.91 Å². The molecule has 0 radical (unpaired) electrons. The second kappa shape index (κ2) is 9.06. The van der Waals surface area contributed by atoms with E-state index in [9.17, 15) is 29.0 Å². The molecule has 7 nitrogen and oxygen atoms in total. The van der Waals surface area contributed by atoms with Crippen molar-refractivity contribution in [3.05, 3.63) is 64.3 Å². The van der Waals surface area contributed by atoms with Crippen LogP contribution in [0, 0.1) is 5.82 Å². The highest BCUT2D eigenvalue weighted by atomic mass is 32.2. The molecule has 1 saturated heterocycles. The molecule has 0 atom stereocenters. The highest BCUT2D eigenvalue weighted by molar-refractivity contribution is 8.26. The molecule has 154 valence electrons. The number of carbonyl (C=O) groups is 3. The fourth-order valence-corrected chi connectivity index (χ4v) is 3.97. The summed E-state index contributed by atoms with van der Waals surface area (Å²) in [5, 5.41) is 21.0. The number of thiocarbonyl (C=S) groups is 1. The number of thioether (sulfide) groups is 1. The van der Waals surface area contributed by atoms with Crippen LogP contribution in [0.2, 0.25) is 0 Å². The summed E-state index contributed by atoms with van der Waals surface area (Å²) in [7, 11) is 0. The van der Waals surface area contributed by atoms with E-state index in [1.807, 2.05) is 0 Å². The average molecular weight is 446 g/mol. The van der Waals surface area contributed by atoms with Gasteiger partial charge in [-0.05, 0) is 30.3 Å². The van der Waals surface area contributed by atoms with E-state index >= 15 is 0 Å². The monoisotopic (exact) mass is 446 g/mol. The summed E-state index contributed by atoms with van der Waals surface area (Å²) in [5.74, 6) is -2.99. The summed E-state index contributed by atoms with van der Waals surface area (Å²) in [6.07, 6.45) is 1.27. The van der Waals surface area contributed by atoms with E-state index < -0.39 is 23.6 Å². The third-order valence-electron chi connectivity index (χ3n) is 4.14. The Hall–Kier alpha value is -3.24. The molecule has 0 bridgehead atoms. The lowest BCUT2D eigenvalue weighted by Gasteiger charge is -2.14. The van der Waals surface area contributed by atoms with Crippen molar-refractivity contribution in [1.82, 2.24) is 4.90 Å². The zero-order chi connectivity index (χ0) is 21.8. The van der Waals surface area contributed by atoms with Crippen LogP contribution in [-0.4, -0.2) is 43.8 Å². The van der Waals surface area contributed by atoms with Crippen molar-refractivity contribution >= 4 is 57.8 Å². The summed E-state index contributed by atoms with van der Waals surface area (Å²) in [6, 6.07) is 9.55. The Labute approximate surface area is 180 Å². The Morgan fingerprint density at radius 1 is 1.23 bits per heavy atom. The maximum atomic E-state index is 13.8. The SMILES string of the molecule is O=C(CCN1C(=O)C(=Cc2ccccc2F)SC1=S)Nc1ccc(O)cc1C(=O)O. The number of carboxylic acid groups (broad SMARTS) is 1. The molecule has 0 unspecified atom stereocenters. The van der Waals surface area contributed by atoms with E-state index in [-0.39, 0.29) is 44.8 Å². The first kappa shape index (κ1) is 21.5. The zero-order valence-electron chi connectivity index (χ0n) is 15.3. The lowest BCUT2D eigenvalue weighted by atomic mass is 10.1. The number of phenolic OH excluding ortho intramolecular Hbond substituents is 1. The summed E-state index contributed by atoms with van der Waals surface area (Å²) in [4.78, 5) is 37.5. The molecule has 2 amide bonds. The first-order valence-electron chi connectivity index (χ1n) is 8.62. The molecule has 1 aliphatic rings. The van der Waals surface area contributed by atoms with Crippen LogP contribution in [0.4, 0.5) is 10.1 Å². The van der Waals surface area contributed by atoms with E-state index in [2.05, 4.69) is 5.32 Å². The number of anilines is 1. The van der Waals surface area contributed by atoms with Crippen molar-refractivity contribution in [2.75, 3.05) is 11.9 Å². The number of hydrogen-bond acceptors (Lipinski definition) is 6. The van der Waals surface area contributed by atoms with E-state index in [4.69, 9.17) is 12.2 Å². The predicted octanol–water partition coefficient (Wildman–Crippen LogP) is 3.46. The van der Waals surface area contributed by atoms with Crippen LogP contribution in [0.15, 0.2) is 47.4 Å². The number of benzene rings is 2. The maximum Gasteiger partial charge on any atom is 0.337 e. The smallest absolute Gasteiger partial charge is 0.337 e. The number of aromatic hydroxyl groups is 1. The number of hydrogen-bond donors (Lipinski definition) is 3. The average Bonchev–Trinajstić information content (AvgIpc) is 2.96. The van der Waals surface area contributed by atoms with Crippen molar-refractivity contribution in [3.63, 3.8) is 0 Å². The fraction of sp³-hybridized carbons (Fsp3) is 0.100. The Balaban J connectivity index is 1.66. The predicted molar refractivity (Wildman–Crippen MR) is 115 cm³/mol. The van der Waals surface area contributed by atoms with Gasteiger partial charge < -0.3 is 15.5 Å². The number of carboxylic acids is 1. The van der Waals surface area contributed by atoms with Crippen LogP contribution in [0.25, 0.3) is 6.08 Å². The molecule has 0 aliphatic carbocycles.